The molecule has 140 valence electrons. The van der Waals surface area contributed by atoms with E-state index in [1.807, 2.05) is 57.6 Å². The van der Waals surface area contributed by atoms with Gasteiger partial charge in [0.15, 0.2) is 23.1 Å². The van der Waals surface area contributed by atoms with E-state index in [-0.39, 0.29) is 24.0 Å². The molecule has 0 unspecified atom stereocenters. The Morgan fingerprint density at radius 3 is 2.19 bits per heavy atom. The Morgan fingerprint density at radius 2 is 1.52 bits per heavy atom. The number of guanidine groups is 1. The molecule has 4 aromatic heterocycles. The Balaban J connectivity index is 0.00000210. The molecule has 9 nitrogen and oxygen atoms in total. The Hall–Kier alpha value is -2.76. The third kappa shape index (κ3) is 4.15. The number of aromatic nitrogens is 6. The number of pyridine rings is 2. The summed E-state index contributed by atoms with van der Waals surface area (Å²) in [5.41, 5.74) is 1.68. The van der Waals surface area contributed by atoms with Crippen LogP contribution in [-0.4, -0.2) is 48.7 Å². The minimum Gasteiger partial charge on any atom is -0.356 e. The molecule has 0 saturated heterocycles. The number of halogens is 1. The molecule has 0 aromatic carbocycles. The SMILES string of the molecule is CN=C(NCCc1nnc2ccccn12)NCc1nnc2ccccn12.I. The summed E-state index contributed by atoms with van der Waals surface area (Å²) >= 11 is 0. The van der Waals surface area contributed by atoms with E-state index in [0.717, 1.165) is 29.4 Å². The van der Waals surface area contributed by atoms with Crippen LogP contribution in [0.1, 0.15) is 11.6 Å². The van der Waals surface area contributed by atoms with Gasteiger partial charge < -0.3 is 10.6 Å². The lowest BCUT2D eigenvalue weighted by Crippen LogP contribution is -2.38. The lowest BCUT2D eigenvalue weighted by atomic mass is 10.4. The van der Waals surface area contributed by atoms with E-state index in [1.54, 1.807) is 7.05 Å². The number of rotatable bonds is 5. The average molecular weight is 477 g/mol. The highest BCUT2D eigenvalue weighted by atomic mass is 127. The molecule has 0 spiro atoms. The Kier molecular flexibility index (Phi) is 6.16. The molecule has 4 heterocycles. The summed E-state index contributed by atoms with van der Waals surface area (Å²) in [5.74, 6) is 2.44. The zero-order chi connectivity index (χ0) is 17.8. The van der Waals surface area contributed by atoms with Gasteiger partial charge in [-0.1, -0.05) is 12.1 Å². The van der Waals surface area contributed by atoms with E-state index in [9.17, 15) is 0 Å². The number of nitrogens with zero attached hydrogens (tertiary/aromatic N) is 7. The first-order chi connectivity index (χ1) is 12.8. The summed E-state index contributed by atoms with van der Waals surface area (Å²) in [6.45, 7) is 1.22. The van der Waals surface area contributed by atoms with Crippen molar-refractivity contribution in [2.24, 2.45) is 4.99 Å². The zero-order valence-electron chi connectivity index (χ0n) is 14.8. The highest BCUT2D eigenvalue weighted by Crippen LogP contribution is 2.03. The van der Waals surface area contributed by atoms with E-state index in [2.05, 4.69) is 36.0 Å². The van der Waals surface area contributed by atoms with Gasteiger partial charge in [-0.2, -0.15) is 0 Å². The van der Waals surface area contributed by atoms with E-state index >= 15 is 0 Å². The van der Waals surface area contributed by atoms with Gasteiger partial charge in [-0.25, -0.2) is 0 Å². The standard InChI is InChI=1S/C17H19N9.HI/c1-18-17(20-12-16-24-22-14-7-3-5-11-26(14)16)19-9-8-15-23-21-13-6-2-4-10-25(13)15;/h2-7,10-11H,8-9,12H2,1H3,(H2,18,19,20);1H. The number of aliphatic imine (C=N–C) groups is 1. The van der Waals surface area contributed by atoms with E-state index in [1.165, 1.54) is 0 Å². The van der Waals surface area contributed by atoms with Crippen LogP contribution in [0.15, 0.2) is 53.8 Å². The Bertz CT molecular complexity index is 1050. The maximum absolute atomic E-state index is 4.24. The molecule has 0 amide bonds. The second kappa shape index (κ2) is 8.75. The molecule has 0 saturated carbocycles. The second-order valence-electron chi connectivity index (χ2n) is 5.69. The molecule has 0 fully saturated rings. The third-order valence-electron chi connectivity index (χ3n) is 4.05. The molecule has 0 aliphatic rings. The maximum Gasteiger partial charge on any atom is 0.191 e. The fourth-order valence-corrected chi connectivity index (χ4v) is 2.75. The first-order valence-electron chi connectivity index (χ1n) is 8.37. The van der Waals surface area contributed by atoms with Gasteiger partial charge >= 0.3 is 0 Å². The summed E-state index contributed by atoms with van der Waals surface area (Å²) in [6.07, 6.45) is 4.65. The van der Waals surface area contributed by atoms with Crippen LogP contribution in [0.4, 0.5) is 0 Å². The molecule has 4 aromatic rings. The minimum absolute atomic E-state index is 0. The highest BCUT2D eigenvalue weighted by molar-refractivity contribution is 14.0. The topological polar surface area (TPSA) is 96.8 Å². The van der Waals surface area contributed by atoms with Crippen LogP contribution >= 0.6 is 24.0 Å². The van der Waals surface area contributed by atoms with Crippen molar-refractivity contribution in [3.8, 4) is 0 Å². The Labute approximate surface area is 173 Å². The van der Waals surface area contributed by atoms with Crippen molar-refractivity contribution in [2.45, 2.75) is 13.0 Å². The molecular weight excluding hydrogens is 457 g/mol. The van der Waals surface area contributed by atoms with Gasteiger partial charge in [0.25, 0.3) is 0 Å². The first kappa shape index (κ1) is 19.0. The first-order valence-corrected chi connectivity index (χ1v) is 8.37. The van der Waals surface area contributed by atoms with Gasteiger partial charge in [-0.3, -0.25) is 13.8 Å². The predicted molar refractivity (Wildman–Crippen MR) is 113 cm³/mol. The minimum atomic E-state index is 0. The maximum atomic E-state index is 4.24. The van der Waals surface area contributed by atoms with E-state index < -0.39 is 0 Å². The highest BCUT2D eigenvalue weighted by Gasteiger charge is 2.07. The molecule has 4 rings (SSSR count). The van der Waals surface area contributed by atoms with Crippen molar-refractivity contribution in [3.05, 3.63) is 60.4 Å². The lowest BCUT2D eigenvalue weighted by molar-refractivity contribution is 0.740. The molecule has 0 radical (unpaired) electrons. The smallest absolute Gasteiger partial charge is 0.191 e. The van der Waals surface area contributed by atoms with E-state index in [4.69, 9.17) is 0 Å². The molecular formula is C17H20IN9. The van der Waals surface area contributed by atoms with Crippen molar-refractivity contribution >= 4 is 41.2 Å². The Morgan fingerprint density at radius 1 is 0.889 bits per heavy atom. The molecule has 2 N–H and O–H groups in total. The monoisotopic (exact) mass is 477 g/mol. The lowest BCUT2D eigenvalue weighted by Gasteiger charge is -2.10. The normalized spacial score (nSPS) is 11.5. The second-order valence-corrected chi connectivity index (χ2v) is 5.69. The van der Waals surface area contributed by atoms with Crippen LogP contribution in [-0.2, 0) is 13.0 Å². The van der Waals surface area contributed by atoms with Crippen molar-refractivity contribution in [2.75, 3.05) is 13.6 Å². The zero-order valence-corrected chi connectivity index (χ0v) is 17.1. The van der Waals surface area contributed by atoms with Crippen molar-refractivity contribution < 1.29 is 0 Å². The summed E-state index contributed by atoms with van der Waals surface area (Å²) in [4.78, 5) is 4.24. The predicted octanol–water partition coefficient (Wildman–Crippen LogP) is 1.30. The van der Waals surface area contributed by atoms with Gasteiger partial charge in [0.2, 0.25) is 0 Å². The van der Waals surface area contributed by atoms with Crippen LogP contribution in [0.25, 0.3) is 11.3 Å². The van der Waals surface area contributed by atoms with E-state index in [0.29, 0.717) is 19.0 Å². The van der Waals surface area contributed by atoms with Gasteiger partial charge in [0.05, 0.1) is 6.54 Å². The number of hydrogen-bond acceptors (Lipinski definition) is 5. The fourth-order valence-electron chi connectivity index (χ4n) is 2.75. The quantitative estimate of drug-likeness (QED) is 0.256. The number of nitrogens with one attached hydrogen (secondary N) is 2. The average Bonchev–Trinajstić information content (AvgIpc) is 3.29. The van der Waals surface area contributed by atoms with Gasteiger partial charge in [0.1, 0.15) is 5.82 Å². The van der Waals surface area contributed by atoms with Gasteiger partial charge in [-0.05, 0) is 24.3 Å². The molecule has 0 aliphatic carbocycles. The summed E-state index contributed by atoms with van der Waals surface area (Å²) in [5, 5.41) is 23.3. The van der Waals surface area contributed by atoms with Gasteiger partial charge in [-0.15, -0.1) is 44.4 Å². The molecule has 0 aliphatic heterocycles. The molecule has 0 atom stereocenters. The van der Waals surface area contributed by atoms with Crippen molar-refractivity contribution in [3.63, 3.8) is 0 Å². The molecule has 0 bridgehead atoms. The van der Waals surface area contributed by atoms with Gasteiger partial charge in [0, 0.05) is 32.4 Å². The summed E-state index contributed by atoms with van der Waals surface area (Å²) < 4.78 is 3.93. The van der Waals surface area contributed by atoms with Crippen LogP contribution in [0.5, 0.6) is 0 Å². The van der Waals surface area contributed by atoms with Crippen LogP contribution < -0.4 is 10.6 Å². The van der Waals surface area contributed by atoms with Crippen LogP contribution in [0.3, 0.4) is 0 Å². The largest absolute Gasteiger partial charge is 0.356 e. The van der Waals surface area contributed by atoms with Crippen molar-refractivity contribution in [1.82, 2.24) is 39.8 Å². The fraction of sp³-hybridized carbons (Fsp3) is 0.235. The summed E-state index contributed by atoms with van der Waals surface area (Å²) in [6, 6.07) is 11.7. The third-order valence-corrected chi connectivity index (χ3v) is 4.05. The number of hydrogen-bond donors (Lipinski definition) is 2. The molecule has 27 heavy (non-hydrogen) atoms. The van der Waals surface area contributed by atoms with Crippen molar-refractivity contribution in [1.29, 1.82) is 0 Å². The van der Waals surface area contributed by atoms with Crippen LogP contribution in [0.2, 0.25) is 0 Å². The number of fused-ring (bicyclic) bond motifs is 2. The van der Waals surface area contributed by atoms with Crippen LogP contribution in [0, 0.1) is 0 Å². The summed E-state index contributed by atoms with van der Waals surface area (Å²) in [7, 11) is 1.74. The molecule has 10 heteroatoms.